The second kappa shape index (κ2) is 6.33. The number of halogens is 1. The SMILES string of the molecule is COc1cc(-c2nc3ccc(S(C)(=O)=O)cc3n2C2(C)COC2)c(F)c(O)c1O. The highest BCUT2D eigenvalue weighted by Crippen LogP contribution is 2.44. The minimum absolute atomic E-state index is 0.0950. The minimum atomic E-state index is -3.47. The van der Waals surface area contributed by atoms with Gasteiger partial charge in [-0.2, -0.15) is 0 Å². The van der Waals surface area contributed by atoms with E-state index in [1.165, 1.54) is 25.3 Å². The van der Waals surface area contributed by atoms with Crippen LogP contribution in [0, 0.1) is 5.82 Å². The van der Waals surface area contributed by atoms with E-state index in [9.17, 15) is 23.0 Å². The Hall–Kier alpha value is -2.85. The van der Waals surface area contributed by atoms with Gasteiger partial charge in [0, 0.05) is 6.26 Å². The third kappa shape index (κ3) is 2.90. The molecule has 1 aromatic heterocycles. The van der Waals surface area contributed by atoms with Crippen LogP contribution in [0.25, 0.3) is 22.4 Å². The van der Waals surface area contributed by atoms with Crippen molar-refractivity contribution in [3.05, 3.63) is 30.1 Å². The Bertz CT molecular complexity index is 1250. The summed E-state index contributed by atoms with van der Waals surface area (Å²) in [7, 11) is -2.19. The van der Waals surface area contributed by atoms with Gasteiger partial charge >= 0.3 is 0 Å². The molecule has 10 heteroatoms. The summed E-state index contributed by atoms with van der Waals surface area (Å²) in [5, 5.41) is 19.9. The van der Waals surface area contributed by atoms with Crippen LogP contribution in [-0.2, 0) is 20.1 Å². The maximum Gasteiger partial charge on any atom is 0.203 e. The Morgan fingerprint density at radius 3 is 2.48 bits per heavy atom. The number of hydrogen-bond acceptors (Lipinski definition) is 7. The molecule has 1 fully saturated rings. The maximum absolute atomic E-state index is 14.9. The summed E-state index contributed by atoms with van der Waals surface area (Å²) in [5.41, 5.74) is 0.237. The molecule has 1 saturated heterocycles. The Morgan fingerprint density at radius 2 is 1.93 bits per heavy atom. The lowest BCUT2D eigenvalue weighted by Gasteiger charge is -2.40. The van der Waals surface area contributed by atoms with E-state index in [2.05, 4.69) is 4.98 Å². The van der Waals surface area contributed by atoms with E-state index >= 15 is 0 Å². The number of benzene rings is 2. The Kier molecular flexibility index (Phi) is 4.25. The zero-order valence-electron chi connectivity index (χ0n) is 15.9. The molecule has 0 saturated carbocycles. The molecule has 29 heavy (non-hydrogen) atoms. The van der Waals surface area contributed by atoms with Crippen LogP contribution in [0.3, 0.4) is 0 Å². The average Bonchev–Trinajstić information content (AvgIpc) is 3.02. The number of methoxy groups -OCH3 is 1. The van der Waals surface area contributed by atoms with Crippen molar-refractivity contribution in [1.29, 1.82) is 0 Å². The van der Waals surface area contributed by atoms with Gasteiger partial charge < -0.3 is 24.3 Å². The van der Waals surface area contributed by atoms with E-state index < -0.39 is 32.7 Å². The van der Waals surface area contributed by atoms with Crippen LogP contribution < -0.4 is 4.74 Å². The predicted molar refractivity (Wildman–Crippen MR) is 103 cm³/mol. The lowest BCUT2D eigenvalue weighted by Crippen LogP contribution is -2.49. The molecule has 2 aromatic carbocycles. The first-order chi connectivity index (χ1) is 13.6. The van der Waals surface area contributed by atoms with Gasteiger partial charge in [0.2, 0.25) is 5.75 Å². The molecule has 0 aliphatic carbocycles. The highest BCUT2D eigenvalue weighted by atomic mass is 32.2. The van der Waals surface area contributed by atoms with Crippen LogP contribution in [-0.4, -0.2) is 54.8 Å². The molecule has 1 aliphatic rings. The Balaban J connectivity index is 2.08. The molecule has 0 unspecified atom stereocenters. The summed E-state index contributed by atoms with van der Waals surface area (Å²) in [5.74, 6) is -2.70. The van der Waals surface area contributed by atoms with Crippen LogP contribution in [0.5, 0.6) is 17.2 Å². The van der Waals surface area contributed by atoms with Gasteiger partial charge in [-0.3, -0.25) is 0 Å². The number of ether oxygens (including phenoxy) is 2. The third-order valence-electron chi connectivity index (χ3n) is 5.06. The highest BCUT2D eigenvalue weighted by molar-refractivity contribution is 7.90. The summed E-state index contributed by atoms with van der Waals surface area (Å²) < 4.78 is 51.0. The number of nitrogens with zero attached hydrogens (tertiary/aromatic N) is 2. The van der Waals surface area contributed by atoms with Gasteiger partial charge in [0.05, 0.1) is 47.4 Å². The van der Waals surface area contributed by atoms with Crippen molar-refractivity contribution in [3.63, 3.8) is 0 Å². The van der Waals surface area contributed by atoms with E-state index in [0.717, 1.165) is 6.26 Å². The number of aromatic nitrogens is 2. The van der Waals surface area contributed by atoms with Crippen LogP contribution >= 0.6 is 0 Å². The summed E-state index contributed by atoms with van der Waals surface area (Å²) in [6.07, 6.45) is 1.10. The molecule has 8 nitrogen and oxygen atoms in total. The fourth-order valence-electron chi connectivity index (χ4n) is 3.47. The van der Waals surface area contributed by atoms with Crippen molar-refractivity contribution >= 4 is 20.9 Å². The third-order valence-corrected chi connectivity index (χ3v) is 6.17. The van der Waals surface area contributed by atoms with Crippen LogP contribution in [0.15, 0.2) is 29.2 Å². The second-order valence-electron chi connectivity index (χ2n) is 7.32. The lowest BCUT2D eigenvalue weighted by molar-refractivity contribution is -0.0868. The Morgan fingerprint density at radius 1 is 1.24 bits per heavy atom. The van der Waals surface area contributed by atoms with Crippen molar-refractivity contribution in [1.82, 2.24) is 9.55 Å². The van der Waals surface area contributed by atoms with Gasteiger partial charge in [-0.15, -0.1) is 0 Å². The van der Waals surface area contributed by atoms with Gasteiger partial charge in [-0.05, 0) is 31.2 Å². The maximum atomic E-state index is 14.9. The first-order valence-corrected chi connectivity index (χ1v) is 10.6. The van der Waals surface area contributed by atoms with E-state index in [1.54, 1.807) is 10.6 Å². The molecule has 2 heterocycles. The number of hydrogen-bond donors (Lipinski definition) is 2. The summed E-state index contributed by atoms with van der Waals surface area (Å²) in [4.78, 5) is 4.59. The van der Waals surface area contributed by atoms with E-state index in [0.29, 0.717) is 24.2 Å². The number of rotatable bonds is 4. The number of phenols is 2. The summed E-state index contributed by atoms with van der Waals surface area (Å²) >= 11 is 0. The first kappa shape index (κ1) is 19.5. The number of sulfone groups is 1. The van der Waals surface area contributed by atoms with Crippen molar-refractivity contribution in [2.75, 3.05) is 26.6 Å². The molecule has 0 bridgehead atoms. The van der Waals surface area contributed by atoms with E-state index in [4.69, 9.17) is 9.47 Å². The smallest absolute Gasteiger partial charge is 0.203 e. The molecule has 0 radical (unpaired) electrons. The first-order valence-electron chi connectivity index (χ1n) is 8.66. The average molecular weight is 422 g/mol. The standard InChI is InChI=1S/C19H19FN2O6S/c1-19(8-28-9-19)22-13-6-10(29(3,25)26)4-5-12(13)21-18(22)11-7-14(27-2)16(23)17(24)15(11)20/h4-7,23-24H,8-9H2,1-3H3. The fourth-order valence-corrected chi connectivity index (χ4v) is 4.11. The van der Waals surface area contributed by atoms with Crippen molar-refractivity contribution in [2.45, 2.75) is 17.4 Å². The van der Waals surface area contributed by atoms with Crippen molar-refractivity contribution < 1.29 is 32.5 Å². The number of fused-ring (bicyclic) bond motifs is 1. The molecule has 2 N–H and O–H groups in total. The minimum Gasteiger partial charge on any atom is -0.502 e. The second-order valence-corrected chi connectivity index (χ2v) is 9.34. The monoisotopic (exact) mass is 422 g/mol. The topological polar surface area (TPSA) is 111 Å². The van der Waals surface area contributed by atoms with Gasteiger partial charge in [-0.25, -0.2) is 17.8 Å². The summed E-state index contributed by atoms with van der Waals surface area (Å²) in [6, 6.07) is 5.70. The van der Waals surface area contributed by atoms with Crippen LogP contribution in [0.1, 0.15) is 6.92 Å². The molecular formula is C19H19FN2O6S. The van der Waals surface area contributed by atoms with Gasteiger partial charge in [-0.1, -0.05) is 0 Å². The molecule has 3 aromatic rings. The van der Waals surface area contributed by atoms with Crippen molar-refractivity contribution in [2.24, 2.45) is 0 Å². The van der Waals surface area contributed by atoms with Crippen molar-refractivity contribution in [3.8, 4) is 28.6 Å². The quantitative estimate of drug-likeness (QED) is 0.621. The zero-order chi connectivity index (χ0) is 21.1. The largest absolute Gasteiger partial charge is 0.502 e. The number of imidazole rings is 1. The highest BCUT2D eigenvalue weighted by Gasteiger charge is 2.39. The van der Waals surface area contributed by atoms with E-state index in [1.807, 2.05) is 6.92 Å². The molecule has 1 aliphatic heterocycles. The zero-order valence-corrected chi connectivity index (χ0v) is 16.7. The Labute approximate surface area is 166 Å². The molecular weight excluding hydrogens is 403 g/mol. The molecule has 154 valence electrons. The molecule has 0 atom stereocenters. The fraction of sp³-hybridized carbons (Fsp3) is 0.316. The lowest BCUT2D eigenvalue weighted by atomic mass is 9.98. The number of aromatic hydroxyl groups is 2. The molecule has 0 spiro atoms. The normalized spacial score (nSPS) is 16.0. The molecule has 0 amide bonds. The number of phenolic OH excluding ortho intramolecular Hbond substituents is 2. The van der Waals surface area contributed by atoms with Crippen LogP contribution in [0.4, 0.5) is 4.39 Å². The summed E-state index contributed by atoms with van der Waals surface area (Å²) in [6.45, 7) is 2.51. The van der Waals surface area contributed by atoms with Gasteiger partial charge in [0.1, 0.15) is 5.82 Å². The van der Waals surface area contributed by atoms with Gasteiger partial charge in [0.15, 0.2) is 27.2 Å². The predicted octanol–water partition coefficient (Wildman–Crippen LogP) is 2.41. The van der Waals surface area contributed by atoms with E-state index in [-0.39, 0.29) is 22.0 Å². The van der Waals surface area contributed by atoms with Crippen LogP contribution in [0.2, 0.25) is 0 Å². The molecule has 4 rings (SSSR count). The van der Waals surface area contributed by atoms with Gasteiger partial charge in [0.25, 0.3) is 0 Å².